The number of aromatic nitrogens is 3. The quantitative estimate of drug-likeness (QED) is 0.286. The maximum absolute atomic E-state index is 13.7. The highest BCUT2D eigenvalue weighted by molar-refractivity contribution is 7.90. The maximum Gasteiger partial charge on any atom is 0.279 e. The summed E-state index contributed by atoms with van der Waals surface area (Å²) in [5.41, 5.74) is 3.30. The molecule has 5 aromatic rings. The van der Waals surface area contributed by atoms with Gasteiger partial charge in [-0.15, -0.1) is 0 Å². The van der Waals surface area contributed by atoms with Crippen LogP contribution in [0.1, 0.15) is 12.0 Å². The molecule has 0 radical (unpaired) electrons. The van der Waals surface area contributed by atoms with Crippen molar-refractivity contribution >= 4 is 26.3 Å². The number of anilines is 1. The van der Waals surface area contributed by atoms with Crippen molar-refractivity contribution < 1.29 is 17.9 Å². The van der Waals surface area contributed by atoms with E-state index in [0.717, 1.165) is 27.6 Å². The monoisotopic (exact) mass is 530 g/mol. The van der Waals surface area contributed by atoms with Crippen molar-refractivity contribution in [3.63, 3.8) is 0 Å². The van der Waals surface area contributed by atoms with Gasteiger partial charge in [-0.3, -0.25) is 4.79 Å². The maximum atomic E-state index is 13.7. The van der Waals surface area contributed by atoms with Crippen LogP contribution in [0, 0.1) is 6.92 Å². The third kappa shape index (κ3) is 4.96. The fourth-order valence-corrected chi connectivity index (χ4v) is 5.25. The van der Waals surface area contributed by atoms with Crippen LogP contribution in [-0.4, -0.2) is 47.7 Å². The average molecular weight is 531 g/mol. The molecule has 3 aromatic carbocycles. The molecular weight excluding hydrogens is 504 g/mol. The molecular formula is C28H26N4O5S. The van der Waals surface area contributed by atoms with Crippen LogP contribution in [0.5, 0.6) is 0 Å². The summed E-state index contributed by atoms with van der Waals surface area (Å²) in [5, 5.41) is 18.1. The molecule has 0 saturated carbocycles. The van der Waals surface area contributed by atoms with E-state index in [4.69, 9.17) is 14.6 Å². The summed E-state index contributed by atoms with van der Waals surface area (Å²) in [5.74, 6) is 0.591. The largest absolute Gasteiger partial charge is 0.444 e. The lowest BCUT2D eigenvalue weighted by atomic mass is 9.99. The average Bonchev–Trinajstić information content (AvgIpc) is 3.44. The highest BCUT2D eigenvalue weighted by Gasteiger charge is 2.21. The minimum atomic E-state index is -3.70. The van der Waals surface area contributed by atoms with Crippen LogP contribution in [0.25, 0.3) is 39.0 Å². The SMILES string of the molecule is Cc1cc(-c2cnco2)cc(-c2nn(-c3cc(NCCCO)ccc3S(C)(=O)=O)c(=O)c3ccccc23)c1. The second-order valence-electron chi connectivity index (χ2n) is 9.02. The summed E-state index contributed by atoms with van der Waals surface area (Å²) in [7, 11) is -3.70. The van der Waals surface area contributed by atoms with Gasteiger partial charge in [-0.1, -0.05) is 18.2 Å². The van der Waals surface area contributed by atoms with E-state index in [1.165, 1.54) is 12.5 Å². The number of fused-ring (bicyclic) bond motifs is 1. The lowest BCUT2D eigenvalue weighted by Gasteiger charge is -2.16. The molecule has 0 spiro atoms. The molecule has 0 amide bonds. The van der Waals surface area contributed by atoms with E-state index in [-0.39, 0.29) is 17.2 Å². The number of sulfone groups is 1. The van der Waals surface area contributed by atoms with Gasteiger partial charge in [-0.25, -0.2) is 13.4 Å². The summed E-state index contributed by atoms with van der Waals surface area (Å²) < 4.78 is 32.1. The molecule has 0 aliphatic carbocycles. The van der Waals surface area contributed by atoms with Gasteiger partial charge in [0.05, 0.1) is 27.9 Å². The van der Waals surface area contributed by atoms with Crippen LogP contribution in [0.3, 0.4) is 0 Å². The lowest BCUT2D eigenvalue weighted by molar-refractivity contribution is 0.292. The van der Waals surface area contributed by atoms with Crippen LogP contribution in [0.2, 0.25) is 0 Å². The fourth-order valence-electron chi connectivity index (χ4n) is 4.40. The predicted octanol–water partition coefficient (Wildman–Crippen LogP) is 4.21. The summed E-state index contributed by atoms with van der Waals surface area (Å²) in [6.07, 6.45) is 4.60. The molecule has 2 N–H and O–H groups in total. The molecule has 0 bridgehead atoms. The first-order valence-electron chi connectivity index (χ1n) is 12.0. The zero-order valence-electron chi connectivity index (χ0n) is 20.9. The number of nitrogens with one attached hydrogen (secondary N) is 1. The summed E-state index contributed by atoms with van der Waals surface area (Å²) in [6, 6.07) is 17.6. The smallest absolute Gasteiger partial charge is 0.279 e. The fraction of sp³-hybridized carbons (Fsp3) is 0.179. The summed E-state index contributed by atoms with van der Waals surface area (Å²) in [6.45, 7) is 2.45. The first-order chi connectivity index (χ1) is 18.3. The van der Waals surface area contributed by atoms with Gasteiger partial charge in [-0.05, 0) is 61.4 Å². The Kier molecular flexibility index (Phi) is 6.83. The van der Waals surface area contributed by atoms with Crippen molar-refractivity contribution in [1.82, 2.24) is 14.8 Å². The third-order valence-corrected chi connectivity index (χ3v) is 7.27. The zero-order valence-corrected chi connectivity index (χ0v) is 21.7. The predicted molar refractivity (Wildman–Crippen MR) is 146 cm³/mol. The Balaban J connectivity index is 1.79. The number of aliphatic hydroxyl groups excluding tert-OH is 1. The van der Waals surface area contributed by atoms with Crippen molar-refractivity contribution in [1.29, 1.82) is 0 Å². The molecule has 0 fully saturated rings. The van der Waals surface area contributed by atoms with Gasteiger partial charge < -0.3 is 14.8 Å². The van der Waals surface area contributed by atoms with Crippen molar-refractivity contribution in [2.45, 2.75) is 18.2 Å². The summed E-state index contributed by atoms with van der Waals surface area (Å²) >= 11 is 0. The van der Waals surface area contributed by atoms with Crippen LogP contribution >= 0.6 is 0 Å². The van der Waals surface area contributed by atoms with E-state index in [1.807, 2.05) is 37.3 Å². The number of rotatable bonds is 8. The van der Waals surface area contributed by atoms with Crippen LogP contribution in [0.4, 0.5) is 5.69 Å². The van der Waals surface area contributed by atoms with Crippen LogP contribution < -0.4 is 10.9 Å². The molecule has 0 aliphatic rings. The molecule has 5 rings (SSSR count). The van der Waals surface area contributed by atoms with E-state index in [2.05, 4.69) is 10.3 Å². The van der Waals surface area contributed by atoms with Gasteiger partial charge in [-0.2, -0.15) is 9.78 Å². The Hall–Kier alpha value is -4.28. The number of nitrogens with zero attached hydrogens (tertiary/aromatic N) is 3. The highest BCUT2D eigenvalue weighted by Crippen LogP contribution is 2.32. The highest BCUT2D eigenvalue weighted by atomic mass is 32.2. The van der Waals surface area contributed by atoms with Crippen LogP contribution in [0.15, 0.2) is 87.4 Å². The molecule has 2 aromatic heterocycles. The number of hydrogen-bond acceptors (Lipinski definition) is 8. The van der Waals surface area contributed by atoms with Crippen molar-refractivity contribution in [2.24, 2.45) is 0 Å². The Morgan fingerprint density at radius 3 is 2.50 bits per heavy atom. The minimum Gasteiger partial charge on any atom is -0.444 e. The van der Waals surface area contributed by atoms with E-state index in [1.54, 1.807) is 30.5 Å². The molecule has 9 nitrogen and oxygen atoms in total. The van der Waals surface area contributed by atoms with E-state index in [0.29, 0.717) is 40.9 Å². The molecule has 10 heteroatoms. The number of hydrogen-bond donors (Lipinski definition) is 2. The van der Waals surface area contributed by atoms with Gasteiger partial charge in [0.1, 0.15) is 0 Å². The van der Waals surface area contributed by atoms with Gasteiger partial charge in [0, 0.05) is 41.6 Å². The van der Waals surface area contributed by atoms with E-state index < -0.39 is 15.4 Å². The molecule has 194 valence electrons. The normalized spacial score (nSPS) is 11.7. The second-order valence-corrected chi connectivity index (χ2v) is 11.0. The van der Waals surface area contributed by atoms with Gasteiger partial charge in [0.2, 0.25) is 0 Å². The third-order valence-electron chi connectivity index (χ3n) is 6.12. The minimum absolute atomic E-state index is 0.0167. The second kappa shape index (κ2) is 10.2. The van der Waals surface area contributed by atoms with Crippen molar-refractivity contribution in [3.8, 4) is 28.3 Å². The van der Waals surface area contributed by atoms with Gasteiger partial charge in [0.25, 0.3) is 5.56 Å². The topological polar surface area (TPSA) is 127 Å². The van der Waals surface area contributed by atoms with Crippen molar-refractivity contribution in [2.75, 3.05) is 24.7 Å². The molecule has 0 aliphatic heterocycles. The Bertz CT molecular complexity index is 1790. The van der Waals surface area contributed by atoms with E-state index >= 15 is 0 Å². The molecule has 38 heavy (non-hydrogen) atoms. The molecule has 2 heterocycles. The molecule has 0 unspecified atom stereocenters. The van der Waals surface area contributed by atoms with Gasteiger partial charge in [0.15, 0.2) is 22.0 Å². The van der Waals surface area contributed by atoms with Crippen molar-refractivity contribution in [3.05, 3.63) is 89.2 Å². The zero-order chi connectivity index (χ0) is 26.9. The Labute approximate surface area is 219 Å². The lowest BCUT2D eigenvalue weighted by Crippen LogP contribution is -2.24. The van der Waals surface area contributed by atoms with Gasteiger partial charge >= 0.3 is 0 Å². The standard InChI is InChI=1S/C28H26N4O5S/c1-18-12-19(25-16-29-17-37-25)14-20(13-18)27-22-6-3-4-7-23(22)28(34)32(31-27)24-15-21(30-10-5-11-33)8-9-26(24)38(2,35)36/h3-4,6-9,12-17,30,33H,5,10-11H2,1-2H3. The van der Waals surface area contributed by atoms with E-state index in [9.17, 15) is 13.2 Å². The number of aryl methyl sites for hydroxylation is 1. The Morgan fingerprint density at radius 1 is 1.03 bits per heavy atom. The number of benzene rings is 3. The van der Waals surface area contributed by atoms with Crippen LogP contribution in [-0.2, 0) is 9.84 Å². The molecule has 0 atom stereocenters. The summed E-state index contributed by atoms with van der Waals surface area (Å²) in [4.78, 5) is 17.7. The number of oxazole rings is 1. The Morgan fingerprint density at radius 2 is 1.79 bits per heavy atom. The molecule has 0 saturated heterocycles. The first-order valence-corrected chi connectivity index (χ1v) is 13.9. The first kappa shape index (κ1) is 25.4. The number of aliphatic hydroxyl groups is 1.